The summed E-state index contributed by atoms with van der Waals surface area (Å²) in [4.78, 5) is 30.0. The highest BCUT2D eigenvalue weighted by atomic mass is 16.3. The summed E-state index contributed by atoms with van der Waals surface area (Å²) in [5.74, 6) is 0.210. The van der Waals surface area contributed by atoms with Crippen LogP contribution in [-0.2, 0) is 29.0 Å². The fraction of sp³-hybridized carbons (Fsp3) is 0.345. The fourth-order valence-electron chi connectivity index (χ4n) is 4.07. The highest BCUT2D eigenvalue weighted by Crippen LogP contribution is 2.13. The molecule has 0 bridgehead atoms. The second-order valence-corrected chi connectivity index (χ2v) is 9.23. The zero-order chi connectivity index (χ0) is 26.6. The minimum Gasteiger partial charge on any atom is -0.508 e. The van der Waals surface area contributed by atoms with Crippen molar-refractivity contribution in [2.24, 2.45) is 0 Å². The number of phenols is 1. The van der Waals surface area contributed by atoms with Gasteiger partial charge < -0.3 is 26.8 Å². The predicted molar refractivity (Wildman–Crippen MR) is 146 cm³/mol. The molecule has 37 heavy (non-hydrogen) atoms. The van der Waals surface area contributed by atoms with Crippen molar-refractivity contribution in [3.05, 3.63) is 89.1 Å². The fourth-order valence-corrected chi connectivity index (χ4v) is 4.07. The predicted octanol–water partition coefficient (Wildman–Crippen LogP) is 3.02. The molecule has 1 aromatic heterocycles. The lowest BCUT2D eigenvalue weighted by atomic mass is 10.0. The van der Waals surface area contributed by atoms with Crippen LogP contribution in [0.15, 0.2) is 66.7 Å². The summed E-state index contributed by atoms with van der Waals surface area (Å²) in [7, 11) is 0. The molecule has 196 valence electrons. The number of anilines is 1. The van der Waals surface area contributed by atoms with Gasteiger partial charge in [-0.25, -0.2) is 4.98 Å². The smallest absolute Gasteiger partial charge is 0.242 e. The van der Waals surface area contributed by atoms with Gasteiger partial charge in [-0.2, -0.15) is 0 Å². The Morgan fingerprint density at radius 1 is 0.973 bits per heavy atom. The minimum absolute atomic E-state index is 0.207. The number of nitrogens with zero attached hydrogens (tertiary/aromatic N) is 1. The second kappa shape index (κ2) is 14.0. The number of aryl methyl sites for hydroxylation is 3. The van der Waals surface area contributed by atoms with Crippen LogP contribution in [0.5, 0.6) is 5.75 Å². The maximum absolute atomic E-state index is 13.1. The molecule has 3 aromatic rings. The Morgan fingerprint density at radius 3 is 2.46 bits per heavy atom. The highest BCUT2D eigenvalue weighted by Gasteiger charge is 2.22. The molecule has 0 spiro atoms. The number of carbonyl (C=O) groups excluding carboxylic acids is 2. The van der Waals surface area contributed by atoms with Gasteiger partial charge in [0.15, 0.2) is 0 Å². The second-order valence-electron chi connectivity index (χ2n) is 9.23. The third-order valence-corrected chi connectivity index (χ3v) is 6.25. The summed E-state index contributed by atoms with van der Waals surface area (Å²) >= 11 is 0. The molecule has 0 saturated heterocycles. The van der Waals surface area contributed by atoms with Crippen LogP contribution >= 0.6 is 0 Å². The van der Waals surface area contributed by atoms with Crippen molar-refractivity contribution >= 4 is 17.6 Å². The zero-order valence-electron chi connectivity index (χ0n) is 21.5. The van der Waals surface area contributed by atoms with Gasteiger partial charge in [-0.15, -0.1) is 0 Å². The highest BCUT2D eigenvalue weighted by molar-refractivity contribution is 5.89. The number of rotatable bonds is 13. The van der Waals surface area contributed by atoms with E-state index in [1.807, 2.05) is 55.5 Å². The molecule has 0 fully saturated rings. The molecule has 2 aromatic carbocycles. The van der Waals surface area contributed by atoms with Gasteiger partial charge in [-0.1, -0.05) is 48.5 Å². The van der Waals surface area contributed by atoms with Crippen LogP contribution in [0, 0.1) is 6.92 Å². The van der Waals surface area contributed by atoms with Crippen LogP contribution in [0.25, 0.3) is 0 Å². The Morgan fingerprint density at radius 2 is 1.73 bits per heavy atom. The van der Waals surface area contributed by atoms with Gasteiger partial charge in [0.05, 0.1) is 6.04 Å². The average Bonchev–Trinajstić information content (AvgIpc) is 2.88. The normalized spacial score (nSPS) is 12.5. The molecule has 0 radical (unpaired) electrons. The Hall–Kier alpha value is -3.91. The molecule has 2 atom stereocenters. The number of pyridine rings is 1. The number of nitrogens with two attached hydrogens (primary N) is 1. The number of aromatic nitrogens is 1. The number of phenolic OH excluding ortho intramolecular Hbond substituents is 1. The average molecular weight is 504 g/mol. The minimum atomic E-state index is -0.692. The Kier molecular flexibility index (Phi) is 10.5. The third-order valence-electron chi connectivity index (χ3n) is 6.25. The number of carbonyl (C=O) groups is 2. The SMILES string of the molecule is Cc1nc(N)ccc1CNC(=O)C(C)NC(=O)[C@@H](CCc1ccccc1)NCCCc1cccc(O)c1. The molecule has 8 nitrogen and oxygen atoms in total. The van der Waals surface area contributed by atoms with Gasteiger partial charge in [-0.05, 0) is 81.0 Å². The first-order chi connectivity index (χ1) is 17.8. The van der Waals surface area contributed by atoms with Gasteiger partial charge in [-0.3, -0.25) is 9.59 Å². The molecule has 0 aliphatic carbocycles. The number of hydrogen-bond acceptors (Lipinski definition) is 6. The van der Waals surface area contributed by atoms with Gasteiger partial charge in [0.1, 0.15) is 17.6 Å². The number of amides is 2. The van der Waals surface area contributed by atoms with Crippen molar-refractivity contribution in [1.82, 2.24) is 20.9 Å². The van der Waals surface area contributed by atoms with E-state index in [4.69, 9.17) is 5.73 Å². The standard InChI is InChI=1S/C29H37N5O3/c1-20-24(14-16-27(30)33-20)19-32-28(36)21(2)34-29(37)26(15-13-22-8-4-3-5-9-22)31-17-7-11-23-10-6-12-25(35)18-23/h3-6,8-10,12,14,16,18,21,26,31,35H,7,11,13,15,17,19H2,1-2H3,(H2,30,33)(H,32,36)(H,34,37)/t21?,26-/m1/s1. The monoisotopic (exact) mass is 503 g/mol. The summed E-state index contributed by atoms with van der Waals surface area (Å²) < 4.78 is 0. The Bertz CT molecular complexity index is 1170. The summed E-state index contributed by atoms with van der Waals surface area (Å²) in [5, 5.41) is 18.7. The Labute approximate surface area is 218 Å². The lowest BCUT2D eigenvalue weighted by Gasteiger charge is -2.21. The lowest BCUT2D eigenvalue weighted by Crippen LogP contribution is -2.51. The maximum Gasteiger partial charge on any atom is 0.242 e. The van der Waals surface area contributed by atoms with E-state index >= 15 is 0 Å². The summed E-state index contributed by atoms with van der Waals surface area (Å²) in [6.07, 6.45) is 2.94. The largest absolute Gasteiger partial charge is 0.508 e. The van der Waals surface area contributed by atoms with Gasteiger partial charge in [0.2, 0.25) is 11.8 Å². The number of nitrogen functional groups attached to an aromatic ring is 1. The van der Waals surface area contributed by atoms with Crippen LogP contribution in [0.3, 0.4) is 0 Å². The summed E-state index contributed by atoms with van der Waals surface area (Å²) in [6.45, 7) is 4.46. The molecule has 0 aliphatic heterocycles. The van der Waals surface area contributed by atoms with E-state index in [1.165, 1.54) is 0 Å². The molecular formula is C29H37N5O3. The summed E-state index contributed by atoms with van der Waals surface area (Å²) in [5.41, 5.74) is 9.52. The molecule has 1 unspecified atom stereocenters. The maximum atomic E-state index is 13.1. The number of aromatic hydroxyl groups is 1. The van der Waals surface area contributed by atoms with Crippen molar-refractivity contribution in [2.45, 2.75) is 58.2 Å². The first-order valence-electron chi connectivity index (χ1n) is 12.7. The molecule has 3 rings (SSSR count). The van der Waals surface area contributed by atoms with Crippen molar-refractivity contribution in [3.8, 4) is 5.75 Å². The van der Waals surface area contributed by atoms with Crippen molar-refractivity contribution in [3.63, 3.8) is 0 Å². The van der Waals surface area contributed by atoms with Crippen LogP contribution < -0.4 is 21.7 Å². The zero-order valence-corrected chi connectivity index (χ0v) is 21.5. The quantitative estimate of drug-likeness (QED) is 0.228. The first kappa shape index (κ1) is 27.7. The molecule has 1 heterocycles. The first-order valence-corrected chi connectivity index (χ1v) is 12.7. The van der Waals surface area contributed by atoms with Gasteiger partial charge in [0, 0.05) is 12.2 Å². The Balaban J connectivity index is 1.53. The number of hydrogen-bond donors (Lipinski definition) is 5. The van der Waals surface area contributed by atoms with Crippen LogP contribution in [0.1, 0.15) is 42.1 Å². The molecular weight excluding hydrogens is 466 g/mol. The lowest BCUT2D eigenvalue weighted by molar-refractivity contribution is -0.129. The molecule has 2 amide bonds. The van der Waals surface area contributed by atoms with E-state index in [0.717, 1.165) is 41.6 Å². The summed E-state index contributed by atoms with van der Waals surface area (Å²) in [6, 6.07) is 19.6. The molecule has 0 saturated carbocycles. The van der Waals surface area contributed by atoms with E-state index in [2.05, 4.69) is 20.9 Å². The molecule has 6 N–H and O–H groups in total. The number of benzene rings is 2. The van der Waals surface area contributed by atoms with E-state index in [1.54, 1.807) is 25.1 Å². The topological polar surface area (TPSA) is 129 Å². The van der Waals surface area contributed by atoms with E-state index in [0.29, 0.717) is 25.3 Å². The van der Waals surface area contributed by atoms with Crippen LogP contribution in [0.4, 0.5) is 5.82 Å². The van der Waals surface area contributed by atoms with Crippen molar-refractivity contribution < 1.29 is 14.7 Å². The van der Waals surface area contributed by atoms with E-state index in [9.17, 15) is 14.7 Å². The van der Waals surface area contributed by atoms with Crippen molar-refractivity contribution in [1.29, 1.82) is 0 Å². The van der Waals surface area contributed by atoms with E-state index in [-0.39, 0.29) is 17.6 Å². The third kappa shape index (κ3) is 9.24. The molecule has 8 heteroatoms. The van der Waals surface area contributed by atoms with Gasteiger partial charge in [0.25, 0.3) is 0 Å². The number of nitrogens with one attached hydrogen (secondary N) is 3. The van der Waals surface area contributed by atoms with Crippen LogP contribution in [-0.4, -0.2) is 40.5 Å². The molecule has 0 aliphatic rings. The van der Waals surface area contributed by atoms with Crippen molar-refractivity contribution in [2.75, 3.05) is 12.3 Å². The van der Waals surface area contributed by atoms with E-state index < -0.39 is 12.1 Å². The van der Waals surface area contributed by atoms with Crippen LogP contribution in [0.2, 0.25) is 0 Å². The van der Waals surface area contributed by atoms with Gasteiger partial charge >= 0.3 is 0 Å².